The Kier molecular flexibility index (Phi) is 3.70. The predicted octanol–water partition coefficient (Wildman–Crippen LogP) is 1.56. The number of carbonyl (C=O) groups excluding carboxylic acids is 1. The number of ether oxygens (including phenoxy) is 1. The third-order valence-electron chi connectivity index (χ3n) is 0.610. The van der Waals surface area contributed by atoms with E-state index in [0.29, 0.717) is 5.94 Å². The Labute approximate surface area is 60.0 Å². The van der Waals surface area contributed by atoms with E-state index in [0.717, 1.165) is 0 Å². The largest absolute Gasteiger partial charge is 0.446 e. The Hall–Kier alpha value is -0.180. The molecule has 3 heteroatoms. The molecule has 0 saturated heterocycles. The van der Waals surface area contributed by atoms with Crippen molar-refractivity contribution in [2.75, 3.05) is 5.94 Å². The van der Waals surface area contributed by atoms with Gasteiger partial charge in [0.25, 0.3) is 0 Å². The third kappa shape index (κ3) is 7.82. The fraction of sp³-hybridized carbons (Fsp3) is 0.833. The van der Waals surface area contributed by atoms with Crippen LogP contribution in [0, 0.1) is 0 Å². The molecule has 0 aromatic heterocycles. The first-order valence-electron chi connectivity index (χ1n) is 2.69. The molecule has 0 N–H and O–H groups in total. The van der Waals surface area contributed by atoms with Crippen LogP contribution in [0.4, 0.5) is 0 Å². The van der Waals surface area contributed by atoms with Gasteiger partial charge in [0.05, 0.1) is 0 Å². The lowest BCUT2D eigenvalue weighted by molar-refractivity contribution is 0.335. The summed E-state index contributed by atoms with van der Waals surface area (Å²) in [5.74, 6) is 0.396. The SMILES string of the molecule is CC(C)(C)SCO[C]=O. The highest BCUT2D eigenvalue weighted by Crippen LogP contribution is 2.22. The van der Waals surface area contributed by atoms with Crippen LogP contribution in [0.2, 0.25) is 0 Å². The normalized spacial score (nSPS) is 11.0. The average Bonchev–Trinajstić information content (AvgIpc) is 1.63. The van der Waals surface area contributed by atoms with Crippen LogP contribution in [0.15, 0.2) is 0 Å². The minimum atomic E-state index is 0.164. The lowest BCUT2D eigenvalue weighted by Gasteiger charge is -2.15. The van der Waals surface area contributed by atoms with Crippen LogP contribution in [0.5, 0.6) is 0 Å². The second-order valence-electron chi connectivity index (χ2n) is 2.60. The minimum Gasteiger partial charge on any atom is -0.446 e. The third-order valence-corrected chi connectivity index (χ3v) is 1.71. The van der Waals surface area contributed by atoms with Crippen LogP contribution < -0.4 is 0 Å². The van der Waals surface area contributed by atoms with Crippen molar-refractivity contribution in [3.05, 3.63) is 0 Å². The zero-order valence-electron chi connectivity index (χ0n) is 5.93. The van der Waals surface area contributed by atoms with Gasteiger partial charge in [-0.1, -0.05) is 20.8 Å². The zero-order chi connectivity index (χ0) is 7.33. The van der Waals surface area contributed by atoms with Gasteiger partial charge in [0, 0.05) is 4.75 Å². The first-order chi connectivity index (χ1) is 4.06. The van der Waals surface area contributed by atoms with Gasteiger partial charge >= 0.3 is 6.47 Å². The molecule has 0 rings (SSSR count). The molecular weight excluding hydrogens is 136 g/mol. The number of thioether (sulfide) groups is 1. The van der Waals surface area contributed by atoms with Crippen molar-refractivity contribution in [2.45, 2.75) is 25.5 Å². The van der Waals surface area contributed by atoms with E-state index in [1.165, 1.54) is 6.47 Å². The fourth-order valence-electron chi connectivity index (χ4n) is 0.230. The molecule has 0 saturated carbocycles. The van der Waals surface area contributed by atoms with E-state index in [9.17, 15) is 4.79 Å². The summed E-state index contributed by atoms with van der Waals surface area (Å²) >= 11 is 1.57. The van der Waals surface area contributed by atoms with Gasteiger partial charge in [0.15, 0.2) is 0 Å². The molecule has 0 aliphatic heterocycles. The highest BCUT2D eigenvalue weighted by Gasteiger charge is 2.09. The first kappa shape index (κ1) is 8.82. The van der Waals surface area contributed by atoms with Crippen LogP contribution >= 0.6 is 11.8 Å². The smallest absolute Gasteiger partial charge is 0.418 e. The topological polar surface area (TPSA) is 26.3 Å². The van der Waals surface area contributed by atoms with Crippen molar-refractivity contribution in [2.24, 2.45) is 0 Å². The molecule has 0 spiro atoms. The molecule has 0 unspecified atom stereocenters. The van der Waals surface area contributed by atoms with Gasteiger partial charge in [0.2, 0.25) is 0 Å². The Morgan fingerprint density at radius 1 is 1.56 bits per heavy atom. The van der Waals surface area contributed by atoms with Gasteiger partial charge in [0.1, 0.15) is 5.94 Å². The molecule has 1 radical (unpaired) electrons. The molecule has 0 aromatic rings. The summed E-state index contributed by atoms with van der Waals surface area (Å²) in [6.45, 7) is 7.55. The molecule has 0 aliphatic rings. The summed E-state index contributed by atoms with van der Waals surface area (Å²) in [6, 6.07) is 0. The van der Waals surface area contributed by atoms with E-state index in [4.69, 9.17) is 0 Å². The van der Waals surface area contributed by atoms with E-state index >= 15 is 0 Å². The fourth-order valence-corrected chi connectivity index (χ4v) is 0.691. The second-order valence-corrected chi connectivity index (χ2v) is 4.35. The summed E-state index contributed by atoms with van der Waals surface area (Å²) < 4.78 is 4.53. The van der Waals surface area contributed by atoms with E-state index in [1.54, 1.807) is 11.8 Å². The van der Waals surface area contributed by atoms with Crippen molar-refractivity contribution in [1.29, 1.82) is 0 Å². The zero-order valence-corrected chi connectivity index (χ0v) is 6.75. The number of hydrogen-bond donors (Lipinski definition) is 0. The molecule has 0 aromatic carbocycles. The van der Waals surface area contributed by atoms with E-state index in [2.05, 4.69) is 25.5 Å². The van der Waals surface area contributed by atoms with Gasteiger partial charge in [-0.3, -0.25) is 0 Å². The quantitative estimate of drug-likeness (QED) is 0.447. The van der Waals surface area contributed by atoms with Gasteiger partial charge in [-0.2, -0.15) is 0 Å². The molecule has 0 amide bonds. The van der Waals surface area contributed by atoms with Gasteiger partial charge in [-0.25, -0.2) is 4.79 Å². The van der Waals surface area contributed by atoms with Crippen molar-refractivity contribution >= 4 is 18.2 Å². The summed E-state index contributed by atoms with van der Waals surface area (Å²) in [6.07, 6.45) is 0. The van der Waals surface area contributed by atoms with Crippen molar-refractivity contribution in [3.63, 3.8) is 0 Å². The van der Waals surface area contributed by atoms with Gasteiger partial charge in [-0.15, -0.1) is 11.8 Å². The Morgan fingerprint density at radius 3 is 2.44 bits per heavy atom. The molecule has 0 atom stereocenters. The monoisotopic (exact) mass is 147 g/mol. The Bertz CT molecular complexity index is 85.5. The molecule has 0 heterocycles. The van der Waals surface area contributed by atoms with Crippen molar-refractivity contribution < 1.29 is 9.53 Å². The highest BCUT2D eigenvalue weighted by atomic mass is 32.2. The average molecular weight is 147 g/mol. The highest BCUT2D eigenvalue weighted by molar-refractivity contribution is 8.00. The molecule has 0 bridgehead atoms. The Balaban J connectivity index is 3.17. The maximum absolute atomic E-state index is 9.53. The lowest BCUT2D eigenvalue weighted by atomic mass is 10.3. The lowest BCUT2D eigenvalue weighted by Crippen LogP contribution is -2.08. The van der Waals surface area contributed by atoms with Crippen LogP contribution in [-0.2, 0) is 9.53 Å². The van der Waals surface area contributed by atoms with E-state index in [-0.39, 0.29) is 4.75 Å². The first-order valence-corrected chi connectivity index (χ1v) is 3.68. The molecule has 0 aliphatic carbocycles. The van der Waals surface area contributed by atoms with E-state index < -0.39 is 0 Å². The summed E-state index contributed by atoms with van der Waals surface area (Å²) in [5, 5.41) is 0. The van der Waals surface area contributed by atoms with E-state index in [1.807, 2.05) is 0 Å². The molecular formula is C6H11O2S. The predicted molar refractivity (Wildman–Crippen MR) is 39.0 cm³/mol. The van der Waals surface area contributed by atoms with Crippen molar-refractivity contribution in [3.8, 4) is 0 Å². The minimum absolute atomic E-state index is 0.164. The maximum atomic E-state index is 9.53. The van der Waals surface area contributed by atoms with Crippen LogP contribution in [0.25, 0.3) is 0 Å². The van der Waals surface area contributed by atoms with Gasteiger partial charge < -0.3 is 4.74 Å². The Morgan fingerprint density at radius 2 is 2.11 bits per heavy atom. The second kappa shape index (κ2) is 3.77. The van der Waals surface area contributed by atoms with Crippen LogP contribution in [0.3, 0.4) is 0 Å². The van der Waals surface area contributed by atoms with Crippen LogP contribution in [0.1, 0.15) is 20.8 Å². The van der Waals surface area contributed by atoms with Crippen molar-refractivity contribution in [1.82, 2.24) is 0 Å². The van der Waals surface area contributed by atoms with Gasteiger partial charge in [-0.05, 0) is 0 Å². The molecule has 0 fully saturated rings. The summed E-state index contributed by atoms with van der Waals surface area (Å²) in [5.41, 5.74) is 0. The molecule has 2 nitrogen and oxygen atoms in total. The van der Waals surface area contributed by atoms with Crippen LogP contribution in [-0.4, -0.2) is 17.2 Å². The molecule has 53 valence electrons. The standard InChI is InChI=1S/C6H11O2S/c1-6(2,3)9-5-8-4-7/h5H2,1-3H3. The number of hydrogen-bond acceptors (Lipinski definition) is 3. The number of rotatable bonds is 3. The summed E-state index contributed by atoms with van der Waals surface area (Å²) in [4.78, 5) is 9.53. The maximum Gasteiger partial charge on any atom is 0.418 e. The summed E-state index contributed by atoms with van der Waals surface area (Å²) in [7, 11) is 0. The molecule has 9 heavy (non-hydrogen) atoms.